The molecule has 1 aromatic carbocycles. The summed E-state index contributed by atoms with van der Waals surface area (Å²) in [5.74, 6) is 0.567. The molecule has 118 valence electrons. The molecule has 2 aromatic rings. The average molecular weight is 301 g/mol. The van der Waals surface area contributed by atoms with Crippen molar-refractivity contribution in [3.63, 3.8) is 0 Å². The second-order valence-electron chi connectivity index (χ2n) is 5.52. The molecule has 22 heavy (non-hydrogen) atoms. The lowest BCUT2D eigenvalue weighted by molar-refractivity contribution is 0.154. The highest BCUT2D eigenvalue weighted by Gasteiger charge is 2.10. The van der Waals surface area contributed by atoms with Gasteiger partial charge in [-0.2, -0.15) is 0 Å². The molecule has 0 radical (unpaired) electrons. The van der Waals surface area contributed by atoms with Crippen LogP contribution in [-0.2, 0) is 6.61 Å². The molecule has 0 aliphatic carbocycles. The van der Waals surface area contributed by atoms with Crippen LogP contribution in [0.15, 0.2) is 30.3 Å². The predicted octanol–water partition coefficient (Wildman–Crippen LogP) is 3.01. The Morgan fingerprint density at radius 3 is 2.55 bits per heavy atom. The fourth-order valence-electron chi connectivity index (χ4n) is 2.38. The fraction of sp³-hybridized carbons (Fsp3) is 0.389. The number of pyridine rings is 1. The van der Waals surface area contributed by atoms with E-state index in [0.717, 1.165) is 27.9 Å². The quantitative estimate of drug-likeness (QED) is 0.861. The lowest BCUT2D eigenvalue weighted by Gasteiger charge is -2.13. The highest BCUT2D eigenvalue weighted by atomic mass is 16.5. The summed E-state index contributed by atoms with van der Waals surface area (Å²) in [5.41, 5.74) is 4.99. The van der Waals surface area contributed by atoms with E-state index >= 15 is 0 Å². The van der Waals surface area contributed by atoms with Crippen molar-refractivity contribution in [1.29, 1.82) is 0 Å². The molecule has 0 spiro atoms. The van der Waals surface area contributed by atoms with E-state index < -0.39 is 0 Å². The van der Waals surface area contributed by atoms with Gasteiger partial charge in [0.05, 0.1) is 19.3 Å². The van der Waals surface area contributed by atoms with Gasteiger partial charge in [-0.15, -0.1) is 0 Å². The number of hydrogen-bond acceptors (Lipinski definition) is 4. The number of nitrogens with zero attached hydrogens (tertiary/aromatic N) is 1. The van der Waals surface area contributed by atoms with Crippen LogP contribution < -0.4 is 4.74 Å². The van der Waals surface area contributed by atoms with Crippen molar-refractivity contribution in [1.82, 2.24) is 4.98 Å². The lowest BCUT2D eigenvalue weighted by Crippen LogP contribution is -2.08. The molecule has 0 saturated carbocycles. The first-order valence-corrected chi connectivity index (χ1v) is 7.51. The van der Waals surface area contributed by atoms with Crippen molar-refractivity contribution < 1.29 is 14.9 Å². The smallest absolute Gasteiger partial charge is 0.213 e. The summed E-state index contributed by atoms with van der Waals surface area (Å²) in [6.07, 6.45) is 0.212. The van der Waals surface area contributed by atoms with Crippen molar-refractivity contribution in [3.8, 4) is 17.0 Å². The Labute approximate surface area is 131 Å². The van der Waals surface area contributed by atoms with Crippen LogP contribution in [0.25, 0.3) is 11.1 Å². The number of aliphatic hydroxyl groups excluding tert-OH is 2. The minimum atomic E-state index is -0.371. The summed E-state index contributed by atoms with van der Waals surface area (Å²) in [7, 11) is 0. The van der Waals surface area contributed by atoms with E-state index in [2.05, 4.69) is 4.98 Å². The molecule has 1 aromatic heterocycles. The molecule has 0 saturated heterocycles. The molecule has 0 aliphatic rings. The van der Waals surface area contributed by atoms with Crippen molar-refractivity contribution >= 4 is 0 Å². The summed E-state index contributed by atoms with van der Waals surface area (Å²) in [6.45, 7) is 6.17. The van der Waals surface area contributed by atoms with Crippen molar-refractivity contribution in [3.05, 3.63) is 47.2 Å². The average Bonchev–Trinajstić information content (AvgIpc) is 2.48. The van der Waals surface area contributed by atoms with Crippen LogP contribution in [0.3, 0.4) is 0 Å². The van der Waals surface area contributed by atoms with Crippen LogP contribution in [-0.4, -0.2) is 27.9 Å². The third-order valence-electron chi connectivity index (χ3n) is 3.75. The first kappa shape index (κ1) is 16.5. The third kappa shape index (κ3) is 3.84. The van der Waals surface area contributed by atoms with Gasteiger partial charge in [0.25, 0.3) is 0 Å². The number of benzene rings is 1. The number of aryl methyl sites for hydroxylation is 1. The van der Waals surface area contributed by atoms with Gasteiger partial charge in [0, 0.05) is 23.7 Å². The van der Waals surface area contributed by atoms with Crippen molar-refractivity contribution in [2.24, 2.45) is 0 Å². The van der Waals surface area contributed by atoms with Crippen LogP contribution in [0.2, 0.25) is 0 Å². The topological polar surface area (TPSA) is 62.6 Å². The monoisotopic (exact) mass is 301 g/mol. The molecule has 0 aliphatic heterocycles. The highest BCUT2D eigenvalue weighted by Crippen LogP contribution is 2.29. The zero-order valence-corrected chi connectivity index (χ0v) is 13.3. The van der Waals surface area contributed by atoms with Crippen LogP contribution >= 0.6 is 0 Å². The molecule has 1 atom stereocenters. The molecular formula is C18H23NO3. The standard InChI is InChI=1S/C18H23NO3/c1-12(21)9-10-22-18-8-7-17(14(3)19-18)16-6-4-5-15(11-20)13(16)2/h4-8,12,20-21H,9-11H2,1-3H3. The molecule has 0 fully saturated rings. The fourth-order valence-corrected chi connectivity index (χ4v) is 2.38. The summed E-state index contributed by atoms with van der Waals surface area (Å²) >= 11 is 0. The largest absolute Gasteiger partial charge is 0.478 e. The van der Waals surface area contributed by atoms with E-state index in [1.54, 1.807) is 6.92 Å². The Bertz CT molecular complexity index is 638. The van der Waals surface area contributed by atoms with Gasteiger partial charge >= 0.3 is 0 Å². The van der Waals surface area contributed by atoms with Gasteiger partial charge in [0.15, 0.2) is 0 Å². The first-order valence-electron chi connectivity index (χ1n) is 7.51. The van der Waals surface area contributed by atoms with Crippen LogP contribution in [0.1, 0.15) is 30.2 Å². The van der Waals surface area contributed by atoms with E-state index in [1.165, 1.54) is 0 Å². The van der Waals surface area contributed by atoms with Gasteiger partial charge in [-0.3, -0.25) is 0 Å². The number of aromatic nitrogens is 1. The molecule has 4 heteroatoms. The lowest BCUT2D eigenvalue weighted by atomic mass is 9.96. The number of hydrogen-bond donors (Lipinski definition) is 2. The van der Waals surface area contributed by atoms with E-state index in [-0.39, 0.29) is 12.7 Å². The molecule has 1 heterocycles. The van der Waals surface area contributed by atoms with Gasteiger partial charge < -0.3 is 14.9 Å². The second-order valence-corrected chi connectivity index (χ2v) is 5.52. The summed E-state index contributed by atoms with van der Waals surface area (Å²) in [6, 6.07) is 9.74. The Hall–Kier alpha value is -1.91. The third-order valence-corrected chi connectivity index (χ3v) is 3.75. The van der Waals surface area contributed by atoms with Crippen LogP contribution in [0, 0.1) is 13.8 Å². The molecule has 0 amide bonds. The summed E-state index contributed by atoms with van der Waals surface area (Å²) < 4.78 is 5.55. The summed E-state index contributed by atoms with van der Waals surface area (Å²) in [5, 5.41) is 18.6. The van der Waals surface area contributed by atoms with Crippen LogP contribution in [0.5, 0.6) is 5.88 Å². The maximum atomic E-state index is 9.39. The van der Waals surface area contributed by atoms with Gasteiger partial charge in [0.2, 0.25) is 5.88 Å². The highest BCUT2D eigenvalue weighted by molar-refractivity contribution is 5.70. The molecule has 0 bridgehead atoms. The first-order chi connectivity index (χ1) is 10.5. The number of aliphatic hydroxyl groups is 2. The van der Waals surface area contributed by atoms with Gasteiger partial charge in [-0.05, 0) is 43.5 Å². The molecular weight excluding hydrogens is 278 g/mol. The zero-order chi connectivity index (χ0) is 16.1. The minimum absolute atomic E-state index is 0.0344. The molecule has 2 N–H and O–H groups in total. The normalized spacial score (nSPS) is 12.2. The Morgan fingerprint density at radius 2 is 1.91 bits per heavy atom. The summed E-state index contributed by atoms with van der Waals surface area (Å²) in [4.78, 5) is 4.48. The van der Waals surface area contributed by atoms with E-state index in [4.69, 9.17) is 4.74 Å². The SMILES string of the molecule is Cc1nc(OCCC(C)O)ccc1-c1cccc(CO)c1C. The van der Waals surface area contributed by atoms with Gasteiger partial charge in [0.1, 0.15) is 0 Å². The molecule has 1 unspecified atom stereocenters. The predicted molar refractivity (Wildman–Crippen MR) is 86.9 cm³/mol. The number of rotatable bonds is 6. The maximum Gasteiger partial charge on any atom is 0.213 e. The molecule has 2 rings (SSSR count). The second kappa shape index (κ2) is 7.38. The van der Waals surface area contributed by atoms with Gasteiger partial charge in [-0.1, -0.05) is 18.2 Å². The Morgan fingerprint density at radius 1 is 1.14 bits per heavy atom. The Balaban J connectivity index is 2.23. The maximum absolute atomic E-state index is 9.39. The zero-order valence-electron chi connectivity index (χ0n) is 13.3. The van der Waals surface area contributed by atoms with E-state index in [0.29, 0.717) is 18.9 Å². The van der Waals surface area contributed by atoms with Crippen molar-refractivity contribution in [2.75, 3.05) is 6.61 Å². The van der Waals surface area contributed by atoms with Crippen LogP contribution in [0.4, 0.5) is 0 Å². The van der Waals surface area contributed by atoms with E-state index in [9.17, 15) is 10.2 Å². The molecule has 4 nitrogen and oxygen atoms in total. The number of ether oxygens (including phenoxy) is 1. The van der Waals surface area contributed by atoms with Gasteiger partial charge in [-0.25, -0.2) is 4.98 Å². The Kier molecular flexibility index (Phi) is 5.52. The van der Waals surface area contributed by atoms with E-state index in [1.807, 2.05) is 44.2 Å². The van der Waals surface area contributed by atoms with Crippen molar-refractivity contribution in [2.45, 2.75) is 39.9 Å². The minimum Gasteiger partial charge on any atom is -0.478 e.